The Labute approximate surface area is 174 Å². The number of nitro benzene ring substituents is 1. The largest absolute Gasteiger partial charge is 0.466 e. The number of rotatable bonds is 6. The van der Waals surface area contributed by atoms with E-state index in [4.69, 9.17) is 4.74 Å². The molecule has 0 aliphatic carbocycles. The fourth-order valence-corrected chi connectivity index (χ4v) is 3.02. The Morgan fingerprint density at radius 3 is 2.60 bits per heavy atom. The summed E-state index contributed by atoms with van der Waals surface area (Å²) >= 11 is 0.939. The molecule has 152 valence electrons. The molecule has 1 fully saturated rings. The Kier molecular flexibility index (Phi) is 6.55. The molecule has 1 N–H and O–H groups in total. The minimum absolute atomic E-state index is 0.0888. The summed E-state index contributed by atoms with van der Waals surface area (Å²) in [5, 5.41) is 21.7. The van der Waals surface area contributed by atoms with Crippen molar-refractivity contribution in [3.8, 4) is 11.5 Å². The van der Waals surface area contributed by atoms with E-state index >= 15 is 0 Å². The molecule has 3 rings (SSSR count). The molecule has 30 heavy (non-hydrogen) atoms. The number of amidine groups is 1. The molecule has 0 saturated carbocycles. The summed E-state index contributed by atoms with van der Waals surface area (Å²) in [6.45, 7) is 0. The van der Waals surface area contributed by atoms with Crippen LogP contribution >= 0.6 is 11.8 Å². The topological polar surface area (TPSA) is 132 Å². The molecule has 1 heterocycles. The second-order valence-electron chi connectivity index (χ2n) is 5.60. The standard InChI is InChI=1S/C19H14N4O6S/c1-28-17(24)10-16-18(25)21-19(30-16)22-20-11-12-6-2-4-8-14(12)29-15-9-5-3-7-13(15)23(26)27/h2-11H,1H3,(H,21,22,25)/b16-10+,20-11?. The van der Waals surface area contributed by atoms with E-state index in [0.717, 1.165) is 17.8 Å². The smallest absolute Gasteiger partial charge is 0.331 e. The second kappa shape index (κ2) is 9.47. The molecule has 11 heteroatoms. The summed E-state index contributed by atoms with van der Waals surface area (Å²) in [6, 6.07) is 12.8. The van der Waals surface area contributed by atoms with Crippen LogP contribution in [0.3, 0.4) is 0 Å². The number of benzene rings is 2. The fourth-order valence-electron chi connectivity index (χ4n) is 2.28. The Balaban J connectivity index is 1.78. The average molecular weight is 426 g/mol. The van der Waals surface area contributed by atoms with Crippen molar-refractivity contribution in [3.05, 3.63) is 75.2 Å². The van der Waals surface area contributed by atoms with Crippen molar-refractivity contribution in [2.75, 3.05) is 7.11 Å². The summed E-state index contributed by atoms with van der Waals surface area (Å²) in [7, 11) is 1.21. The molecular weight excluding hydrogens is 412 g/mol. The van der Waals surface area contributed by atoms with Gasteiger partial charge in [-0.15, -0.1) is 5.10 Å². The predicted octanol–water partition coefficient (Wildman–Crippen LogP) is 3.00. The Hall–Kier alpha value is -3.99. The molecule has 1 aliphatic rings. The van der Waals surface area contributed by atoms with Gasteiger partial charge in [0.1, 0.15) is 5.75 Å². The lowest BCUT2D eigenvalue weighted by Gasteiger charge is -2.08. The maximum absolute atomic E-state index is 11.8. The first-order valence-corrected chi connectivity index (χ1v) is 9.19. The number of para-hydroxylation sites is 3. The minimum atomic E-state index is -0.654. The van der Waals surface area contributed by atoms with E-state index in [-0.39, 0.29) is 21.5 Å². The molecule has 0 radical (unpaired) electrons. The van der Waals surface area contributed by atoms with Gasteiger partial charge in [0, 0.05) is 17.7 Å². The second-order valence-corrected chi connectivity index (χ2v) is 6.63. The molecule has 0 aromatic heterocycles. The van der Waals surface area contributed by atoms with E-state index < -0.39 is 16.8 Å². The first kappa shape index (κ1) is 20.7. The summed E-state index contributed by atoms with van der Waals surface area (Å²) in [4.78, 5) is 33.8. The van der Waals surface area contributed by atoms with Gasteiger partial charge in [-0.1, -0.05) is 24.3 Å². The molecular formula is C19H14N4O6S. The molecule has 0 unspecified atom stereocenters. The van der Waals surface area contributed by atoms with Crippen LogP contribution in [0.25, 0.3) is 0 Å². The quantitative estimate of drug-likeness (QED) is 0.247. The number of nitrogens with zero attached hydrogens (tertiary/aromatic N) is 3. The third-order valence-electron chi connectivity index (χ3n) is 3.65. The number of nitro groups is 1. The first-order chi connectivity index (χ1) is 14.5. The highest BCUT2D eigenvalue weighted by molar-refractivity contribution is 8.18. The number of amides is 1. The zero-order chi connectivity index (χ0) is 21.5. The number of thioether (sulfide) groups is 1. The molecule has 0 bridgehead atoms. The average Bonchev–Trinajstić information content (AvgIpc) is 3.08. The van der Waals surface area contributed by atoms with Crippen molar-refractivity contribution in [3.63, 3.8) is 0 Å². The number of hydrogen-bond acceptors (Lipinski definition) is 9. The van der Waals surface area contributed by atoms with Gasteiger partial charge in [0.15, 0.2) is 5.17 Å². The molecule has 1 amide bonds. The van der Waals surface area contributed by atoms with Crippen LogP contribution in [0.15, 0.2) is 69.7 Å². The van der Waals surface area contributed by atoms with E-state index in [2.05, 4.69) is 20.3 Å². The van der Waals surface area contributed by atoms with E-state index in [0.29, 0.717) is 11.3 Å². The third-order valence-corrected chi connectivity index (χ3v) is 4.55. The van der Waals surface area contributed by atoms with Gasteiger partial charge in [-0.3, -0.25) is 20.2 Å². The number of carbonyl (C=O) groups is 2. The van der Waals surface area contributed by atoms with Gasteiger partial charge < -0.3 is 9.47 Å². The highest BCUT2D eigenvalue weighted by Crippen LogP contribution is 2.32. The van der Waals surface area contributed by atoms with Crippen LogP contribution in [0, 0.1) is 10.1 Å². The normalized spacial score (nSPS) is 16.1. The van der Waals surface area contributed by atoms with Gasteiger partial charge in [0.25, 0.3) is 5.91 Å². The van der Waals surface area contributed by atoms with E-state index in [9.17, 15) is 19.7 Å². The number of carbonyl (C=O) groups excluding carboxylic acids is 2. The highest BCUT2D eigenvalue weighted by atomic mass is 32.2. The van der Waals surface area contributed by atoms with Crippen LogP contribution in [0.5, 0.6) is 11.5 Å². The number of ether oxygens (including phenoxy) is 2. The van der Waals surface area contributed by atoms with Gasteiger partial charge in [0.2, 0.25) is 5.75 Å². The molecule has 0 atom stereocenters. The third kappa shape index (κ3) is 5.08. The van der Waals surface area contributed by atoms with Crippen LogP contribution < -0.4 is 10.1 Å². The summed E-state index contributed by atoms with van der Waals surface area (Å²) in [5.41, 5.74) is 0.346. The summed E-state index contributed by atoms with van der Waals surface area (Å²) < 4.78 is 10.2. The first-order valence-electron chi connectivity index (χ1n) is 8.38. The number of esters is 1. The minimum Gasteiger partial charge on any atom is -0.466 e. The Bertz CT molecular complexity index is 1100. The Morgan fingerprint density at radius 2 is 1.87 bits per heavy atom. The monoisotopic (exact) mass is 426 g/mol. The summed E-state index contributed by atoms with van der Waals surface area (Å²) in [6.07, 6.45) is 2.44. The SMILES string of the molecule is COC(=O)/C=C1/S/C(=N\N=Cc2ccccc2Oc2ccccc2[N+](=O)[O-])NC1=O. The van der Waals surface area contributed by atoms with Crippen LogP contribution in [0.1, 0.15) is 5.56 Å². The van der Waals surface area contributed by atoms with Gasteiger partial charge in [-0.2, -0.15) is 5.10 Å². The molecule has 1 aliphatic heterocycles. The maximum Gasteiger partial charge on any atom is 0.331 e. The zero-order valence-corrected chi connectivity index (χ0v) is 16.3. The van der Waals surface area contributed by atoms with E-state index in [1.165, 1.54) is 25.5 Å². The Morgan fingerprint density at radius 1 is 1.17 bits per heavy atom. The van der Waals surface area contributed by atoms with Crippen LogP contribution in [0.4, 0.5) is 5.69 Å². The van der Waals surface area contributed by atoms with Crippen molar-refractivity contribution >= 4 is 40.7 Å². The van der Waals surface area contributed by atoms with Gasteiger partial charge in [-0.25, -0.2) is 4.79 Å². The van der Waals surface area contributed by atoms with Crippen LogP contribution in [0.2, 0.25) is 0 Å². The van der Waals surface area contributed by atoms with Crippen molar-refractivity contribution < 1.29 is 24.0 Å². The van der Waals surface area contributed by atoms with Crippen molar-refractivity contribution in [1.82, 2.24) is 5.32 Å². The molecule has 2 aromatic rings. The lowest BCUT2D eigenvalue weighted by Crippen LogP contribution is -2.19. The number of methoxy groups -OCH3 is 1. The van der Waals surface area contributed by atoms with Gasteiger partial charge in [-0.05, 0) is 30.0 Å². The molecule has 2 aromatic carbocycles. The van der Waals surface area contributed by atoms with Crippen molar-refractivity contribution in [1.29, 1.82) is 0 Å². The maximum atomic E-state index is 11.8. The molecule has 10 nitrogen and oxygen atoms in total. The van der Waals surface area contributed by atoms with Crippen molar-refractivity contribution in [2.24, 2.45) is 10.2 Å². The van der Waals surface area contributed by atoms with Crippen LogP contribution in [-0.4, -0.2) is 35.3 Å². The molecule has 0 spiro atoms. The van der Waals surface area contributed by atoms with Gasteiger partial charge >= 0.3 is 11.7 Å². The number of hydrogen-bond donors (Lipinski definition) is 1. The van der Waals surface area contributed by atoms with Crippen LogP contribution in [-0.2, 0) is 14.3 Å². The lowest BCUT2D eigenvalue weighted by molar-refractivity contribution is -0.385. The zero-order valence-electron chi connectivity index (χ0n) is 15.5. The van der Waals surface area contributed by atoms with Gasteiger partial charge in [0.05, 0.1) is 23.2 Å². The fraction of sp³-hybridized carbons (Fsp3) is 0.0526. The molecule has 1 saturated heterocycles. The predicted molar refractivity (Wildman–Crippen MR) is 110 cm³/mol. The summed E-state index contributed by atoms with van der Waals surface area (Å²) in [5.74, 6) is -0.714. The number of nitrogens with one attached hydrogen (secondary N) is 1. The van der Waals surface area contributed by atoms with E-state index in [1.54, 1.807) is 36.4 Å². The van der Waals surface area contributed by atoms with E-state index in [1.807, 2.05) is 0 Å². The highest BCUT2D eigenvalue weighted by Gasteiger charge is 2.25. The van der Waals surface area contributed by atoms with Crippen molar-refractivity contribution in [2.45, 2.75) is 0 Å². The lowest BCUT2D eigenvalue weighted by atomic mass is 10.2.